The van der Waals surface area contributed by atoms with E-state index >= 15 is 0 Å². The molecule has 0 bridgehead atoms. The number of benzene rings is 1. The molecule has 2 aromatic rings. The van der Waals surface area contributed by atoms with Gasteiger partial charge in [0.05, 0.1) is 17.3 Å². The summed E-state index contributed by atoms with van der Waals surface area (Å²) in [5.41, 5.74) is 3.10. The lowest BCUT2D eigenvalue weighted by atomic mass is 10.1. The molecule has 0 saturated carbocycles. The van der Waals surface area contributed by atoms with E-state index in [4.69, 9.17) is 0 Å². The Hall–Kier alpha value is -2.70. The van der Waals surface area contributed by atoms with Gasteiger partial charge < -0.3 is 10.2 Å². The summed E-state index contributed by atoms with van der Waals surface area (Å²) in [6.45, 7) is 7.20. The molecule has 2 heterocycles. The molecule has 6 nitrogen and oxygen atoms in total. The van der Waals surface area contributed by atoms with Gasteiger partial charge in [-0.25, -0.2) is 4.39 Å². The summed E-state index contributed by atoms with van der Waals surface area (Å²) in [4.78, 5) is 26.0. The largest absolute Gasteiger partial charge is 0.356 e. The maximum Gasteiger partial charge on any atom is 0.227 e. The third-order valence-corrected chi connectivity index (χ3v) is 4.84. The molecular weight excluding hydrogens is 347 g/mol. The SMILES string of the molecule is Cc1ccc(N2CC(C(=O)NCCCn3nc(C)cc3C)CC2=O)c(F)c1. The number of nitrogens with zero attached hydrogens (tertiary/aromatic N) is 3. The van der Waals surface area contributed by atoms with Gasteiger partial charge in [-0.2, -0.15) is 5.10 Å². The number of nitrogens with one attached hydrogen (secondary N) is 1. The average Bonchev–Trinajstić information content (AvgIpc) is 3.13. The highest BCUT2D eigenvalue weighted by molar-refractivity contribution is 6.00. The van der Waals surface area contributed by atoms with Gasteiger partial charge in [-0.05, 0) is 51.0 Å². The second kappa shape index (κ2) is 7.90. The summed E-state index contributed by atoms with van der Waals surface area (Å²) in [5.74, 6) is -1.27. The van der Waals surface area contributed by atoms with Crippen LogP contribution in [-0.4, -0.2) is 34.7 Å². The molecule has 7 heteroatoms. The molecule has 1 N–H and O–H groups in total. The third kappa shape index (κ3) is 4.35. The lowest BCUT2D eigenvalue weighted by molar-refractivity contribution is -0.126. The number of halogens is 1. The van der Waals surface area contributed by atoms with Crippen molar-refractivity contribution in [2.24, 2.45) is 5.92 Å². The number of hydrogen-bond acceptors (Lipinski definition) is 3. The summed E-state index contributed by atoms with van der Waals surface area (Å²) in [7, 11) is 0. The Bertz CT molecular complexity index is 862. The van der Waals surface area contributed by atoms with Crippen LogP contribution in [0.5, 0.6) is 0 Å². The topological polar surface area (TPSA) is 67.2 Å². The van der Waals surface area contributed by atoms with Crippen molar-refractivity contribution >= 4 is 17.5 Å². The lowest BCUT2D eigenvalue weighted by Gasteiger charge is -2.17. The van der Waals surface area contributed by atoms with Crippen LogP contribution >= 0.6 is 0 Å². The normalized spacial score (nSPS) is 16.8. The van der Waals surface area contributed by atoms with E-state index in [0.717, 1.165) is 29.9 Å². The van der Waals surface area contributed by atoms with Crippen molar-refractivity contribution in [1.29, 1.82) is 0 Å². The molecular formula is C20H25FN4O2. The van der Waals surface area contributed by atoms with Gasteiger partial charge in [-0.15, -0.1) is 0 Å². The molecule has 0 spiro atoms. The monoisotopic (exact) mass is 372 g/mol. The Morgan fingerprint density at radius 1 is 1.30 bits per heavy atom. The maximum absolute atomic E-state index is 14.1. The lowest BCUT2D eigenvalue weighted by Crippen LogP contribution is -2.34. The summed E-state index contributed by atoms with van der Waals surface area (Å²) < 4.78 is 16.1. The molecule has 1 aromatic carbocycles. The number of amides is 2. The van der Waals surface area contributed by atoms with Gasteiger partial charge >= 0.3 is 0 Å². The Kier molecular flexibility index (Phi) is 5.58. The Labute approximate surface area is 158 Å². The molecule has 0 radical (unpaired) electrons. The Morgan fingerprint density at radius 3 is 2.74 bits per heavy atom. The van der Waals surface area contributed by atoms with Crippen LogP contribution < -0.4 is 10.2 Å². The van der Waals surface area contributed by atoms with Crippen LogP contribution in [-0.2, 0) is 16.1 Å². The van der Waals surface area contributed by atoms with Crippen LogP contribution in [0.15, 0.2) is 24.3 Å². The highest BCUT2D eigenvalue weighted by Gasteiger charge is 2.36. The van der Waals surface area contributed by atoms with Crippen molar-refractivity contribution in [1.82, 2.24) is 15.1 Å². The molecule has 1 unspecified atom stereocenters. The van der Waals surface area contributed by atoms with Gasteiger partial charge in [0.15, 0.2) is 0 Å². The molecule has 1 fully saturated rings. The molecule has 1 saturated heterocycles. The third-order valence-electron chi connectivity index (χ3n) is 4.84. The van der Waals surface area contributed by atoms with Crippen molar-refractivity contribution in [3.63, 3.8) is 0 Å². The van der Waals surface area contributed by atoms with E-state index < -0.39 is 11.7 Å². The minimum atomic E-state index is -0.452. The molecule has 144 valence electrons. The van der Waals surface area contributed by atoms with Gasteiger partial charge in [0.1, 0.15) is 5.82 Å². The van der Waals surface area contributed by atoms with E-state index in [1.807, 2.05) is 24.6 Å². The first-order valence-corrected chi connectivity index (χ1v) is 9.20. The highest BCUT2D eigenvalue weighted by Crippen LogP contribution is 2.28. The zero-order valence-corrected chi connectivity index (χ0v) is 16.0. The van der Waals surface area contributed by atoms with Gasteiger partial charge in [0.2, 0.25) is 11.8 Å². The van der Waals surface area contributed by atoms with Crippen molar-refractivity contribution in [3.8, 4) is 0 Å². The fourth-order valence-corrected chi connectivity index (χ4v) is 3.43. The standard InChI is InChI=1S/C20H25FN4O2/c1-13-5-6-18(17(21)9-13)24-12-16(11-19(24)26)20(27)22-7-4-8-25-15(3)10-14(2)23-25/h5-6,9-10,16H,4,7-8,11-12H2,1-3H3,(H,22,27). The van der Waals surface area contributed by atoms with Crippen LogP contribution in [0, 0.1) is 32.5 Å². The summed E-state index contributed by atoms with van der Waals surface area (Å²) in [6.07, 6.45) is 0.862. The number of anilines is 1. The van der Waals surface area contributed by atoms with Crippen LogP contribution in [0.3, 0.4) is 0 Å². The number of hydrogen-bond donors (Lipinski definition) is 1. The fourth-order valence-electron chi connectivity index (χ4n) is 3.43. The first-order valence-electron chi connectivity index (χ1n) is 9.20. The first-order chi connectivity index (χ1) is 12.8. The zero-order chi connectivity index (χ0) is 19.6. The predicted molar refractivity (Wildman–Crippen MR) is 101 cm³/mol. The van der Waals surface area contributed by atoms with Crippen molar-refractivity contribution < 1.29 is 14.0 Å². The van der Waals surface area contributed by atoms with Crippen LogP contribution in [0.2, 0.25) is 0 Å². The van der Waals surface area contributed by atoms with E-state index in [0.29, 0.717) is 6.54 Å². The molecule has 1 aliphatic rings. The molecule has 0 aliphatic carbocycles. The summed E-state index contributed by atoms with van der Waals surface area (Å²) >= 11 is 0. The highest BCUT2D eigenvalue weighted by atomic mass is 19.1. The van der Waals surface area contributed by atoms with E-state index in [-0.39, 0.29) is 30.5 Å². The maximum atomic E-state index is 14.1. The zero-order valence-electron chi connectivity index (χ0n) is 16.0. The fraction of sp³-hybridized carbons (Fsp3) is 0.450. The quantitative estimate of drug-likeness (QED) is 0.793. The van der Waals surface area contributed by atoms with Crippen molar-refractivity contribution in [2.75, 3.05) is 18.0 Å². The second-order valence-electron chi connectivity index (χ2n) is 7.16. The molecule has 1 aliphatic heterocycles. The Balaban J connectivity index is 1.51. The van der Waals surface area contributed by atoms with E-state index in [1.54, 1.807) is 19.1 Å². The summed E-state index contributed by atoms with van der Waals surface area (Å²) in [5, 5.41) is 7.27. The van der Waals surface area contributed by atoms with Gasteiger partial charge in [-0.3, -0.25) is 14.3 Å². The molecule has 1 atom stereocenters. The Morgan fingerprint density at radius 2 is 2.07 bits per heavy atom. The van der Waals surface area contributed by atoms with Gasteiger partial charge in [0.25, 0.3) is 0 Å². The minimum absolute atomic E-state index is 0.108. The summed E-state index contributed by atoms with van der Waals surface area (Å²) in [6, 6.07) is 6.77. The second-order valence-corrected chi connectivity index (χ2v) is 7.16. The van der Waals surface area contributed by atoms with Gasteiger partial charge in [0, 0.05) is 31.7 Å². The predicted octanol–water partition coefficient (Wildman–Crippen LogP) is 2.51. The first kappa shape index (κ1) is 19.1. The van der Waals surface area contributed by atoms with E-state index in [1.165, 1.54) is 11.0 Å². The number of carbonyl (C=O) groups is 2. The van der Waals surface area contributed by atoms with Crippen molar-refractivity contribution in [3.05, 3.63) is 47.0 Å². The van der Waals surface area contributed by atoms with Crippen LogP contribution in [0.4, 0.5) is 10.1 Å². The van der Waals surface area contributed by atoms with E-state index in [9.17, 15) is 14.0 Å². The molecule has 1 aromatic heterocycles. The average molecular weight is 372 g/mol. The number of aryl methyl sites for hydroxylation is 4. The molecule has 3 rings (SSSR count). The van der Waals surface area contributed by atoms with Crippen LogP contribution in [0.25, 0.3) is 0 Å². The molecule has 2 amide bonds. The van der Waals surface area contributed by atoms with Crippen LogP contribution in [0.1, 0.15) is 29.8 Å². The number of aromatic nitrogens is 2. The van der Waals surface area contributed by atoms with E-state index in [2.05, 4.69) is 10.4 Å². The number of rotatable bonds is 6. The molecule has 27 heavy (non-hydrogen) atoms. The minimum Gasteiger partial charge on any atom is -0.356 e. The smallest absolute Gasteiger partial charge is 0.227 e. The van der Waals surface area contributed by atoms with Crippen molar-refractivity contribution in [2.45, 2.75) is 40.2 Å². The van der Waals surface area contributed by atoms with Gasteiger partial charge in [-0.1, -0.05) is 6.07 Å². The number of carbonyl (C=O) groups excluding carboxylic acids is 2.